The summed E-state index contributed by atoms with van der Waals surface area (Å²) in [4.78, 5) is 29.2. The fourth-order valence-electron chi connectivity index (χ4n) is 5.44. The van der Waals surface area contributed by atoms with Crippen molar-refractivity contribution in [3.8, 4) is 11.5 Å². The van der Waals surface area contributed by atoms with Crippen LogP contribution in [0.15, 0.2) is 60.7 Å². The fraction of sp³-hybridized carbons (Fsp3) is 0.333. The second-order valence-corrected chi connectivity index (χ2v) is 9.73. The normalized spacial score (nSPS) is 17.9. The number of nitrogens with zero attached hydrogens (tertiary/aromatic N) is 1. The minimum absolute atomic E-state index is 0.0386. The Morgan fingerprint density at radius 2 is 1.70 bits per heavy atom. The van der Waals surface area contributed by atoms with Crippen molar-refractivity contribution < 1.29 is 19.1 Å². The molecule has 0 aliphatic carbocycles. The third kappa shape index (κ3) is 4.90. The van der Waals surface area contributed by atoms with Gasteiger partial charge < -0.3 is 19.7 Å². The summed E-state index contributed by atoms with van der Waals surface area (Å²) in [7, 11) is 0. The van der Waals surface area contributed by atoms with Crippen LogP contribution >= 0.6 is 11.6 Å². The van der Waals surface area contributed by atoms with E-state index in [1.807, 2.05) is 79.4 Å². The summed E-state index contributed by atoms with van der Waals surface area (Å²) in [5, 5.41) is 3.83. The highest BCUT2D eigenvalue weighted by Gasteiger charge is 2.46. The summed E-state index contributed by atoms with van der Waals surface area (Å²) in [6.07, 6.45) is 1.38. The standard InChI is InChI=1S/C30H31ClN2O4/c1-3-36-25-17-20-14-16-33-28(24(20)18-26(25)37-4-2)27(22-7-5-6-8-23(22)30(33)35)29(34)32-15-13-19-9-11-21(31)12-10-19/h5-12,17-18,27-28H,3-4,13-16H2,1-2H3,(H,32,34)/t27-,28-/m1/s1. The quantitative estimate of drug-likeness (QED) is 0.437. The molecule has 1 N–H and O–H groups in total. The van der Waals surface area contributed by atoms with E-state index < -0.39 is 12.0 Å². The molecule has 2 heterocycles. The molecule has 6 nitrogen and oxygen atoms in total. The molecule has 3 aromatic rings. The van der Waals surface area contributed by atoms with E-state index in [1.54, 1.807) is 0 Å². The van der Waals surface area contributed by atoms with E-state index in [-0.39, 0.29) is 11.8 Å². The zero-order chi connectivity index (χ0) is 25.9. The van der Waals surface area contributed by atoms with Gasteiger partial charge in [0.05, 0.1) is 25.2 Å². The maximum atomic E-state index is 13.8. The van der Waals surface area contributed by atoms with Crippen molar-refractivity contribution in [2.75, 3.05) is 26.3 Å². The molecule has 2 amide bonds. The van der Waals surface area contributed by atoms with Crippen molar-refractivity contribution in [3.63, 3.8) is 0 Å². The SMILES string of the molecule is CCOc1cc2c(cc1OCC)[C@@H]1[C@H](C(=O)NCCc3ccc(Cl)cc3)c3ccccc3C(=O)N1CC2. The first-order chi connectivity index (χ1) is 18.0. The zero-order valence-corrected chi connectivity index (χ0v) is 21.9. The molecule has 2 atom stereocenters. The van der Waals surface area contributed by atoms with Gasteiger partial charge in [-0.1, -0.05) is 41.9 Å². The van der Waals surface area contributed by atoms with E-state index in [0.29, 0.717) is 61.2 Å². The molecular formula is C30H31ClN2O4. The first-order valence-corrected chi connectivity index (χ1v) is 13.2. The Morgan fingerprint density at radius 1 is 1.00 bits per heavy atom. The van der Waals surface area contributed by atoms with Crippen molar-refractivity contribution in [2.45, 2.75) is 38.6 Å². The van der Waals surface area contributed by atoms with Crippen LogP contribution in [-0.4, -0.2) is 43.0 Å². The van der Waals surface area contributed by atoms with E-state index in [9.17, 15) is 9.59 Å². The minimum atomic E-state index is -0.536. The molecule has 0 bridgehead atoms. The second kappa shape index (κ2) is 10.9. The lowest BCUT2D eigenvalue weighted by Crippen LogP contribution is -2.50. The number of amides is 2. The first kappa shape index (κ1) is 25.2. The van der Waals surface area contributed by atoms with Gasteiger partial charge in [0.2, 0.25) is 5.91 Å². The van der Waals surface area contributed by atoms with Crippen LogP contribution in [0.3, 0.4) is 0 Å². The van der Waals surface area contributed by atoms with Gasteiger partial charge in [0.1, 0.15) is 0 Å². The van der Waals surface area contributed by atoms with Gasteiger partial charge >= 0.3 is 0 Å². The Hall–Kier alpha value is -3.51. The summed E-state index contributed by atoms with van der Waals surface area (Å²) in [6.45, 7) is 5.92. The van der Waals surface area contributed by atoms with Crippen LogP contribution in [0.1, 0.15) is 58.4 Å². The van der Waals surface area contributed by atoms with Crippen molar-refractivity contribution in [1.29, 1.82) is 0 Å². The van der Waals surface area contributed by atoms with Crippen molar-refractivity contribution in [2.24, 2.45) is 0 Å². The number of ether oxygens (including phenoxy) is 2. The number of hydrogen-bond acceptors (Lipinski definition) is 4. The smallest absolute Gasteiger partial charge is 0.254 e. The third-order valence-corrected chi connectivity index (χ3v) is 7.35. The van der Waals surface area contributed by atoms with Gasteiger partial charge in [-0.25, -0.2) is 0 Å². The molecule has 37 heavy (non-hydrogen) atoms. The Kier molecular flexibility index (Phi) is 7.38. The number of carbonyl (C=O) groups is 2. The molecule has 0 fully saturated rings. The van der Waals surface area contributed by atoms with Gasteiger partial charge in [0, 0.05) is 23.7 Å². The van der Waals surface area contributed by atoms with Gasteiger partial charge in [-0.3, -0.25) is 9.59 Å². The van der Waals surface area contributed by atoms with E-state index in [4.69, 9.17) is 21.1 Å². The highest BCUT2D eigenvalue weighted by atomic mass is 35.5. The predicted molar refractivity (Wildman–Crippen MR) is 144 cm³/mol. The molecule has 2 aliphatic rings. The summed E-state index contributed by atoms with van der Waals surface area (Å²) in [5.41, 5.74) is 4.48. The van der Waals surface area contributed by atoms with Crippen LogP contribution in [0.2, 0.25) is 5.02 Å². The second-order valence-electron chi connectivity index (χ2n) is 9.29. The molecule has 7 heteroatoms. The number of halogens is 1. The number of nitrogens with one attached hydrogen (secondary N) is 1. The number of rotatable bonds is 8. The van der Waals surface area contributed by atoms with Crippen LogP contribution < -0.4 is 14.8 Å². The van der Waals surface area contributed by atoms with E-state index in [1.165, 1.54) is 0 Å². The third-order valence-electron chi connectivity index (χ3n) is 7.09. The summed E-state index contributed by atoms with van der Waals surface area (Å²) in [5.74, 6) is 0.665. The topological polar surface area (TPSA) is 67.9 Å². The summed E-state index contributed by atoms with van der Waals surface area (Å²) >= 11 is 6.00. The molecule has 0 aromatic heterocycles. The summed E-state index contributed by atoms with van der Waals surface area (Å²) < 4.78 is 11.8. The number of hydrogen-bond donors (Lipinski definition) is 1. The molecule has 0 unspecified atom stereocenters. The zero-order valence-electron chi connectivity index (χ0n) is 21.1. The molecule has 3 aromatic carbocycles. The Bertz CT molecular complexity index is 1310. The maximum absolute atomic E-state index is 13.8. The van der Waals surface area contributed by atoms with Crippen LogP contribution in [-0.2, 0) is 17.6 Å². The fourth-order valence-corrected chi connectivity index (χ4v) is 5.57. The minimum Gasteiger partial charge on any atom is -0.490 e. The average Bonchev–Trinajstić information content (AvgIpc) is 2.90. The van der Waals surface area contributed by atoms with Crippen molar-refractivity contribution in [3.05, 3.63) is 93.5 Å². The lowest BCUT2D eigenvalue weighted by Gasteiger charge is -2.45. The van der Waals surface area contributed by atoms with Gasteiger partial charge in [-0.05, 0) is 79.3 Å². The van der Waals surface area contributed by atoms with Crippen LogP contribution in [0.25, 0.3) is 0 Å². The van der Waals surface area contributed by atoms with Crippen molar-refractivity contribution in [1.82, 2.24) is 10.2 Å². The largest absolute Gasteiger partial charge is 0.490 e. The molecule has 0 saturated carbocycles. The lowest BCUT2D eigenvalue weighted by molar-refractivity contribution is -0.124. The summed E-state index contributed by atoms with van der Waals surface area (Å²) in [6, 6.07) is 18.7. The number of fused-ring (bicyclic) bond motifs is 4. The highest BCUT2D eigenvalue weighted by molar-refractivity contribution is 6.30. The van der Waals surface area contributed by atoms with Crippen LogP contribution in [0, 0.1) is 0 Å². The van der Waals surface area contributed by atoms with E-state index >= 15 is 0 Å². The monoisotopic (exact) mass is 518 g/mol. The Balaban J connectivity index is 1.51. The number of carbonyl (C=O) groups excluding carboxylic acids is 2. The van der Waals surface area contributed by atoms with E-state index in [2.05, 4.69) is 5.32 Å². The average molecular weight is 519 g/mol. The molecule has 0 saturated heterocycles. The molecule has 5 rings (SSSR count). The van der Waals surface area contributed by atoms with Gasteiger partial charge in [0.25, 0.3) is 5.91 Å². The molecule has 0 radical (unpaired) electrons. The van der Waals surface area contributed by atoms with Gasteiger partial charge in [-0.15, -0.1) is 0 Å². The lowest BCUT2D eigenvalue weighted by atomic mass is 9.75. The molecule has 192 valence electrons. The van der Waals surface area contributed by atoms with Gasteiger partial charge in [-0.2, -0.15) is 0 Å². The maximum Gasteiger partial charge on any atom is 0.254 e. The highest BCUT2D eigenvalue weighted by Crippen LogP contribution is 2.48. The first-order valence-electron chi connectivity index (χ1n) is 12.9. The van der Waals surface area contributed by atoms with Crippen molar-refractivity contribution >= 4 is 23.4 Å². The molecular weight excluding hydrogens is 488 g/mol. The van der Waals surface area contributed by atoms with Gasteiger partial charge in [0.15, 0.2) is 11.5 Å². The molecule has 2 aliphatic heterocycles. The van der Waals surface area contributed by atoms with E-state index in [0.717, 1.165) is 22.3 Å². The molecule has 0 spiro atoms. The number of benzene rings is 3. The van der Waals surface area contributed by atoms with Crippen LogP contribution in [0.4, 0.5) is 0 Å². The Morgan fingerprint density at radius 3 is 2.43 bits per heavy atom. The Labute approximate surface area is 222 Å². The predicted octanol–water partition coefficient (Wildman–Crippen LogP) is 5.33. The van der Waals surface area contributed by atoms with Crippen LogP contribution in [0.5, 0.6) is 11.5 Å².